The van der Waals surface area contributed by atoms with Crippen molar-refractivity contribution in [1.29, 1.82) is 0 Å². The Balaban J connectivity index is 2.42. The van der Waals surface area contributed by atoms with Crippen molar-refractivity contribution in [3.63, 3.8) is 0 Å². The molecule has 0 amide bonds. The zero-order valence-corrected chi connectivity index (χ0v) is 4.66. The summed E-state index contributed by atoms with van der Waals surface area (Å²) >= 11 is 0. The van der Waals surface area contributed by atoms with Gasteiger partial charge in [-0.25, -0.2) is 4.99 Å². The molecule has 0 aromatic rings. The number of ether oxygens (including phenoxy) is 1. The van der Waals surface area contributed by atoms with Gasteiger partial charge in [0.25, 0.3) is 0 Å². The summed E-state index contributed by atoms with van der Waals surface area (Å²) in [6.45, 7) is 0. The van der Waals surface area contributed by atoms with Crippen LogP contribution in [-0.4, -0.2) is 19.7 Å². The van der Waals surface area contributed by atoms with Crippen molar-refractivity contribution in [2.45, 2.75) is 6.23 Å². The summed E-state index contributed by atoms with van der Waals surface area (Å²) in [4.78, 5) is 3.90. The smallest absolute Gasteiger partial charge is 0.170 e. The minimum absolute atomic E-state index is 0.0868. The van der Waals surface area contributed by atoms with E-state index in [1.165, 1.54) is 0 Å². The van der Waals surface area contributed by atoms with E-state index in [2.05, 4.69) is 10.3 Å². The number of aliphatic imine (C=N–C) groups is 1. The third kappa shape index (κ3) is 1.07. The van der Waals surface area contributed by atoms with Gasteiger partial charge in [-0.05, 0) is 6.08 Å². The molecule has 0 aliphatic carbocycles. The minimum Gasteiger partial charge on any atom is -0.356 e. The molecule has 1 aliphatic heterocycles. The van der Waals surface area contributed by atoms with Gasteiger partial charge in [-0.2, -0.15) is 0 Å². The van der Waals surface area contributed by atoms with E-state index in [1.807, 2.05) is 6.08 Å². The van der Waals surface area contributed by atoms with E-state index >= 15 is 0 Å². The molecule has 0 saturated heterocycles. The summed E-state index contributed by atoms with van der Waals surface area (Å²) in [5.74, 6) is 0. The molecule has 0 aromatic carbocycles. The van der Waals surface area contributed by atoms with Crippen LogP contribution in [0.4, 0.5) is 0 Å². The molecule has 1 aliphatic rings. The molecule has 1 N–H and O–H groups in total. The van der Waals surface area contributed by atoms with E-state index in [0.29, 0.717) is 0 Å². The van der Waals surface area contributed by atoms with Crippen LogP contribution >= 0.6 is 0 Å². The molecule has 1 atom stereocenters. The van der Waals surface area contributed by atoms with E-state index in [0.717, 1.165) is 0 Å². The molecule has 8 heavy (non-hydrogen) atoms. The minimum atomic E-state index is -0.0868. The van der Waals surface area contributed by atoms with Gasteiger partial charge in [-0.3, -0.25) is 0 Å². The summed E-state index contributed by atoms with van der Waals surface area (Å²) in [7, 11) is 1.62. The largest absolute Gasteiger partial charge is 0.356 e. The van der Waals surface area contributed by atoms with Crippen molar-refractivity contribution in [2.24, 2.45) is 4.99 Å². The van der Waals surface area contributed by atoms with Crippen LogP contribution in [0.5, 0.6) is 0 Å². The Labute approximate surface area is 48.1 Å². The molecule has 0 aromatic heterocycles. The van der Waals surface area contributed by atoms with Crippen molar-refractivity contribution in [1.82, 2.24) is 5.32 Å². The summed E-state index contributed by atoms with van der Waals surface area (Å²) in [6.07, 6.45) is 5.14. The zero-order chi connectivity index (χ0) is 5.82. The number of rotatable bonds is 1. The van der Waals surface area contributed by atoms with Gasteiger partial charge in [-0.15, -0.1) is 0 Å². The monoisotopic (exact) mass is 112 g/mol. The number of nitrogens with one attached hydrogen (secondary N) is 1. The predicted octanol–water partition coefficient (Wildman–Crippen LogP) is 0.104. The fraction of sp³-hybridized carbons (Fsp3) is 0.400. The van der Waals surface area contributed by atoms with Crippen molar-refractivity contribution >= 4 is 6.34 Å². The fourth-order valence-electron chi connectivity index (χ4n) is 0.487. The summed E-state index contributed by atoms with van der Waals surface area (Å²) in [6, 6.07) is 0. The normalized spacial score (nSPS) is 25.4. The Morgan fingerprint density at radius 1 is 1.75 bits per heavy atom. The summed E-state index contributed by atoms with van der Waals surface area (Å²) < 4.78 is 4.87. The third-order valence-corrected chi connectivity index (χ3v) is 0.895. The van der Waals surface area contributed by atoms with Gasteiger partial charge in [0.1, 0.15) is 0 Å². The van der Waals surface area contributed by atoms with Crippen LogP contribution in [0.15, 0.2) is 17.3 Å². The predicted molar refractivity (Wildman–Crippen MR) is 31.6 cm³/mol. The Morgan fingerprint density at radius 3 is 3.00 bits per heavy atom. The van der Waals surface area contributed by atoms with E-state index in [9.17, 15) is 0 Å². The van der Waals surface area contributed by atoms with Gasteiger partial charge in [0.2, 0.25) is 0 Å². The summed E-state index contributed by atoms with van der Waals surface area (Å²) in [5, 5.41) is 2.80. The van der Waals surface area contributed by atoms with Crippen LogP contribution in [0.2, 0.25) is 0 Å². The van der Waals surface area contributed by atoms with Crippen molar-refractivity contribution in [3.05, 3.63) is 12.3 Å². The highest BCUT2D eigenvalue weighted by Crippen LogP contribution is 1.93. The highest BCUT2D eigenvalue weighted by atomic mass is 16.5. The lowest BCUT2D eigenvalue weighted by Gasteiger charge is -2.07. The second kappa shape index (κ2) is 2.47. The maximum Gasteiger partial charge on any atom is 0.170 e. The second-order valence-corrected chi connectivity index (χ2v) is 1.43. The zero-order valence-electron chi connectivity index (χ0n) is 4.66. The molecule has 0 radical (unpaired) electrons. The number of nitrogens with zero attached hydrogens (tertiary/aromatic N) is 1. The van der Waals surface area contributed by atoms with Gasteiger partial charge in [0.15, 0.2) is 6.23 Å². The SMILES string of the molecule is COC1C=CNC=N1. The number of methoxy groups -OCH3 is 1. The van der Waals surface area contributed by atoms with Crippen LogP contribution < -0.4 is 5.32 Å². The first-order chi connectivity index (χ1) is 3.93. The average Bonchev–Trinajstić information content (AvgIpc) is 1.90. The van der Waals surface area contributed by atoms with Gasteiger partial charge in [0, 0.05) is 13.3 Å². The third-order valence-electron chi connectivity index (χ3n) is 0.895. The van der Waals surface area contributed by atoms with Crippen molar-refractivity contribution in [2.75, 3.05) is 7.11 Å². The molecular formula is C5H8N2O. The van der Waals surface area contributed by atoms with Crippen LogP contribution in [0, 0.1) is 0 Å². The van der Waals surface area contributed by atoms with E-state index in [4.69, 9.17) is 4.74 Å². The van der Waals surface area contributed by atoms with E-state index < -0.39 is 0 Å². The first-order valence-corrected chi connectivity index (χ1v) is 2.40. The van der Waals surface area contributed by atoms with Crippen LogP contribution in [0.1, 0.15) is 0 Å². The molecule has 1 unspecified atom stereocenters. The van der Waals surface area contributed by atoms with Crippen LogP contribution in [-0.2, 0) is 4.74 Å². The molecule has 0 fully saturated rings. The Kier molecular flexibility index (Phi) is 1.64. The molecule has 3 nitrogen and oxygen atoms in total. The Morgan fingerprint density at radius 2 is 2.62 bits per heavy atom. The second-order valence-electron chi connectivity index (χ2n) is 1.43. The highest BCUT2D eigenvalue weighted by Gasteiger charge is 1.97. The highest BCUT2D eigenvalue weighted by molar-refractivity contribution is 5.57. The molecule has 1 rings (SSSR count). The molecule has 0 saturated carbocycles. The topological polar surface area (TPSA) is 33.6 Å². The van der Waals surface area contributed by atoms with E-state index in [-0.39, 0.29) is 6.23 Å². The maximum absolute atomic E-state index is 4.87. The quantitative estimate of drug-likeness (QED) is 0.522. The van der Waals surface area contributed by atoms with Gasteiger partial charge >= 0.3 is 0 Å². The molecule has 0 bridgehead atoms. The lowest BCUT2D eigenvalue weighted by atomic mass is 10.5. The standard InChI is InChI=1S/C5H8N2O/c1-8-5-2-3-6-4-7-5/h2-5H,1H3,(H,6,7). The first kappa shape index (κ1) is 5.31. The van der Waals surface area contributed by atoms with Crippen LogP contribution in [0.3, 0.4) is 0 Å². The first-order valence-electron chi connectivity index (χ1n) is 2.40. The molecule has 44 valence electrons. The van der Waals surface area contributed by atoms with Crippen molar-refractivity contribution < 1.29 is 4.74 Å². The van der Waals surface area contributed by atoms with Crippen LogP contribution in [0.25, 0.3) is 0 Å². The molecular weight excluding hydrogens is 104 g/mol. The Bertz CT molecular complexity index is 108. The number of hydrogen-bond donors (Lipinski definition) is 1. The molecule has 0 spiro atoms. The van der Waals surface area contributed by atoms with E-state index in [1.54, 1.807) is 19.6 Å². The lowest BCUT2D eigenvalue weighted by Crippen LogP contribution is -2.14. The van der Waals surface area contributed by atoms with Crippen molar-refractivity contribution in [3.8, 4) is 0 Å². The fourth-order valence-corrected chi connectivity index (χ4v) is 0.487. The maximum atomic E-state index is 4.87. The number of hydrogen-bond acceptors (Lipinski definition) is 3. The Hall–Kier alpha value is -0.830. The summed E-state index contributed by atoms with van der Waals surface area (Å²) in [5.41, 5.74) is 0. The lowest BCUT2D eigenvalue weighted by molar-refractivity contribution is 0.147. The van der Waals surface area contributed by atoms with Gasteiger partial charge < -0.3 is 10.1 Å². The molecule has 1 heterocycles. The molecule has 3 heteroatoms. The van der Waals surface area contributed by atoms with Gasteiger partial charge in [-0.1, -0.05) is 0 Å². The van der Waals surface area contributed by atoms with Gasteiger partial charge in [0.05, 0.1) is 6.34 Å². The average molecular weight is 112 g/mol.